The van der Waals surface area contributed by atoms with Crippen LogP contribution in [0.15, 0.2) is 72.4 Å². The molecule has 0 saturated carbocycles. The van der Waals surface area contributed by atoms with Gasteiger partial charge in [0.25, 0.3) is 0 Å². The lowest BCUT2D eigenvalue weighted by Crippen LogP contribution is -2.42. The average molecular weight is 466 g/mol. The largest absolute Gasteiger partial charge is 0.460 e. The molecule has 6 bridgehead atoms. The Hall–Kier alpha value is -4.38. The van der Waals surface area contributed by atoms with Gasteiger partial charge in [0.2, 0.25) is 11.8 Å². The molecular formula is C27H23N5O3. The van der Waals surface area contributed by atoms with E-state index < -0.39 is 6.04 Å². The minimum absolute atomic E-state index is 0.122. The van der Waals surface area contributed by atoms with Crippen LogP contribution in [0.5, 0.6) is 5.75 Å². The lowest BCUT2D eigenvalue weighted by Gasteiger charge is -2.21. The Morgan fingerprint density at radius 1 is 1.20 bits per heavy atom. The Kier molecular flexibility index (Phi) is 5.10. The predicted octanol–water partition coefficient (Wildman–Crippen LogP) is 3.25. The molecule has 35 heavy (non-hydrogen) atoms. The number of nitriles is 1. The molecule has 1 aromatic heterocycles. The highest BCUT2D eigenvalue weighted by Crippen LogP contribution is 2.35. The molecule has 3 heterocycles. The van der Waals surface area contributed by atoms with Crippen molar-refractivity contribution in [3.63, 3.8) is 0 Å². The van der Waals surface area contributed by atoms with Crippen LogP contribution in [0, 0.1) is 17.2 Å². The number of hydrogen-bond donors (Lipinski definition) is 1. The second-order valence-corrected chi connectivity index (χ2v) is 9.09. The summed E-state index contributed by atoms with van der Waals surface area (Å²) in [5.41, 5.74) is 2.52. The number of ether oxygens (including phenoxy) is 1. The summed E-state index contributed by atoms with van der Waals surface area (Å²) >= 11 is 0. The van der Waals surface area contributed by atoms with Gasteiger partial charge in [0.1, 0.15) is 23.5 Å². The van der Waals surface area contributed by atoms with E-state index in [0.717, 1.165) is 27.7 Å². The highest BCUT2D eigenvalue weighted by atomic mass is 16.5. The van der Waals surface area contributed by atoms with Crippen LogP contribution in [-0.4, -0.2) is 34.0 Å². The summed E-state index contributed by atoms with van der Waals surface area (Å²) in [7, 11) is 0. The van der Waals surface area contributed by atoms with Gasteiger partial charge in [-0.1, -0.05) is 24.3 Å². The quantitative estimate of drug-likeness (QED) is 0.549. The van der Waals surface area contributed by atoms with Gasteiger partial charge in [-0.15, -0.1) is 0 Å². The van der Waals surface area contributed by atoms with E-state index in [1.807, 2.05) is 53.1 Å². The van der Waals surface area contributed by atoms with E-state index in [4.69, 9.17) is 4.74 Å². The van der Waals surface area contributed by atoms with Crippen molar-refractivity contribution >= 4 is 28.3 Å². The number of carbonyl (C=O) groups excluding carboxylic acids is 2. The number of imidazole rings is 1. The number of nitrogens with zero attached hydrogens (tertiary/aromatic N) is 4. The summed E-state index contributed by atoms with van der Waals surface area (Å²) in [6.07, 6.45) is 8.51. The zero-order chi connectivity index (χ0) is 23.9. The first-order chi connectivity index (χ1) is 17.1. The van der Waals surface area contributed by atoms with Crippen molar-refractivity contribution in [3.05, 3.63) is 78.1 Å². The SMILES string of the molecule is N#CC1CC=C2C=C1Oc1ccc3cccc(c3c1)N1CCC(NC(=O)Cc3cncn3C2)C1=O. The normalized spacial score (nSPS) is 22.0. The van der Waals surface area contributed by atoms with E-state index in [2.05, 4.69) is 16.4 Å². The molecule has 8 nitrogen and oxygen atoms in total. The third-order valence-corrected chi connectivity index (χ3v) is 6.83. The van der Waals surface area contributed by atoms with Crippen LogP contribution in [0.4, 0.5) is 5.69 Å². The lowest BCUT2D eigenvalue weighted by atomic mass is 9.95. The molecular weight excluding hydrogens is 442 g/mol. The molecule has 2 aliphatic heterocycles. The Labute approximate surface area is 202 Å². The van der Waals surface area contributed by atoms with Gasteiger partial charge in [-0.2, -0.15) is 5.26 Å². The Bertz CT molecular complexity index is 1460. The standard InChI is InChI=1S/C27H23N5O3/c28-13-19-5-4-17-10-25(19)35-21-7-6-18-2-1-3-24(22(18)12-21)32-9-8-23(27(32)34)30-26(33)11-20-14-29-16-31(20)15-17/h1-4,6-7,10,12,14,16,19,23H,5,8-9,11,15H2,(H,30,33). The average Bonchev–Trinajstić information content (AvgIpc) is 3.44. The van der Waals surface area contributed by atoms with E-state index >= 15 is 0 Å². The van der Waals surface area contributed by atoms with E-state index in [1.54, 1.807) is 17.4 Å². The number of fused-ring (bicyclic) bond motifs is 6. The Morgan fingerprint density at radius 2 is 2.11 bits per heavy atom. The van der Waals surface area contributed by atoms with Crippen LogP contribution < -0.4 is 15.0 Å². The zero-order valence-electron chi connectivity index (χ0n) is 19.0. The van der Waals surface area contributed by atoms with Crippen molar-refractivity contribution in [2.75, 3.05) is 11.4 Å². The highest BCUT2D eigenvalue weighted by Gasteiger charge is 2.34. The molecule has 1 saturated heterocycles. The maximum absolute atomic E-state index is 13.3. The van der Waals surface area contributed by atoms with E-state index in [-0.39, 0.29) is 24.2 Å². The van der Waals surface area contributed by atoms with E-state index in [0.29, 0.717) is 37.4 Å². The molecule has 174 valence electrons. The number of rotatable bonds is 0. The van der Waals surface area contributed by atoms with Gasteiger partial charge in [0.05, 0.1) is 24.5 Å². The fourth-order valence-corrected chi connectivity index (χ4v) is 5.02. The Balaban J connectivity index is 1.46. The van der Waals surface area contributed by atoms with Gasteiger partial charge < -0.3 is 19.5 Å². The van der Waals surface area contributed by atoms with Gasteiger partial charge in [-0.25, -0.2) is 4.98 Å². The van der Waals surface area contributed by atoms with Crippen molar-refractivity contribution in [3.8, 4) is 11.8 Å². The first-order valence-corrected chi connectivity index (χ1v) is 11.7. The van der Waals surface area contributed by atoms with Crippen molar-refractivity contribution < 1.29 is 14.3 Å². The summed E-state index contributed by atoms with van der Waals surface area (Å²) in [5.74, 6) is 0.479. The van der Waals surface area contributed by atoms with Crippen molar-refractivity contribution in [1.29, 1.82) is 5.26 Å². The van der Waals surface area contributed by atoms with Crippen molar-refractivity contribution in [2.24, 2.45) is 5.92 Å². The minimum atomic E-state index is -0.563. The maximum atomic E-state index is 13.3. The molecule has 1 fully saturated rings. The first-order valence-electron chi connectivity index (χ1n) is 11.7. The summed E-state index contributed by atoms with van der Waals surface area (Å²) in [5, 5.41) is 14.5. The van der Waals surface area contributed by atoms with Crippen LogP contribution in [0.1, 0.15) is 18.5 Å². The van der Waals surface area contributed by atoms with Gasteiger partial charge >= 0.3 is 0 Å². The summed E-state index contributed by atoms with van der Waals surface area (Å²) < 4.78 is 8.18. The monoisotopic (exact) mass is 465 g/mol. The Morgan fingerprint density at radius 3 is 3.00 bits per heavy atom. The number of allylic oxidation sites excluding steroid dienone is 4. The van der Waals surface area contributed by atoms with Crippen LogP contribution in [0.25, 0.3) is 10.8 Å². The number of carbonyl (C=O) groups is 2. The highest BCUT2D eigenvalue weighted by molar-refractivity contribution is 6.08. The maximum Gasteiger partial charge on any atom is 0.249 e. The molecule has 3 aromatic rings. The van der Waals surface area contributed by atoms with Gasteiger partial charge in [0.15, 0.2) is 0 Å². The molecule has 2 aromatic carbocycles. The van der Waals surface area contributed by atoms with Gasteiger partial charge in [-0.3, -0.25) is 9.59 Å². The molecule has 2 atom stereocenters. The third kappa shape index (κ3) is 3.85. The second-order valence-electron chi connectivity index (χ2n) is 9.09. The molecule has 2 unspecified atom stereocenters. The van der Waals surface area contributed by atoms with Crippen LogP contribution in [-0.2, 0) is 22.6 Å². The van der Waals surface area contributed by atoms with Gasteiger partial charge in [0, 0.05) is 30.4 Å². The fraction of sp³-hybridized carbons (Fsp3) is 0.259. The van der Waals surface area contributed by atoms with Crippen molar-refractivity contribution in [1.82, 2.24) is 14.9 Å². The first kappa shape index (κ1) is 21.2. The number of aromatic nitrogens is 2. The number of amides is 2. The van der Waals surface area contributed by atoms with Crippen LogP contribution in [0.2, 0.25) is 0 Å². The van der Waals surface area contributed by atoms with Gasteiger partial charge in [-0.05, 0) is 48.1 Å². The van der Waals surface area contributed by atoms with E-state index in [9.17, 15) is 14.9 Å². The third-order valence-electron chi connectivity index (χ3n) is 6.83. The van der Waals surface area contributed by atoms with E-state index in [1.165, 1.54) is 0 Å². The summed E-state index contributed by atoms with van der Waals surface area (Å²) in [6, 6.07) is 13.4. The summed E-state index contributed by atoms with van der Waals surface area (Å²) in [6.45, 7) is 1.02. The molecule has 0 spiro atoms. The smallest absolute Gasteiger partial charge is 0.249 e. The summed E-state index contributed by atoms with van der Waals surface area (Å²) in [4.78, 5) is 32.1. The zero-order valence-corrected chi connectivity index (χ0v) is 19.0. The molecule has 2 amide bonds. The number of anilines is 1. The predicted molar refractivity (Wildman–Crippen MR) is 129 cm³/mol. The molecule has 6 rings (SSSR count). The minimum Gasteiger partial charge on any atom is -0.460 e. The van der Waals surface area contributed by atoms with Crippen LogP contribution in [0.3, 0.4) is 0 Å². The molecule has 1 N–H and O–H groups in total. The fourth-order valence-electron chi connectivity index (χ4n) is 5.02. The van der Waals surface area contributed by atoms with Crippen LogP contribution >= 0.6 is 0 Å². The molecule has 1 aliphatic carbocycles. The molecule has 3 aliphatic rings. The molecule has 8 heteroatoms. The second kappa shape index (κ2) is 8.44. The lowest BCUT2D eigenvalue weighted by molar-refractivity contribution is -0.126. The number of benzene rings is 2. The topological polar surface area (TPSA) is 100 Å². The number of hydrogen-bond acceptors (Lipinski definition) is 5. The molecule has 0 radical (unpaired) electrons. The van der Waals surface area contributed by atoms with Crippen molar-refractivity contribution in [2.45, 2.75) is 31.8 Å². The number of nitrogens with one attached hydrogen (secondary N) is 1.